The number of benzene rings is 2. The number of nitrogens with one attached hydrogen (secondary N) is 5. The minimum absolute atomic E-state index is 0.00437. The number of amides is 5. The van der Waals surface area contributed by atoms with Crippen LogP contribution >= 0.6 is 0 Å². The predicted octanol–water partition coefficient (Wildman–Crippen LogP) is 4.33. The van der Waals surface area contributed by atoms with Gasteiger partial charge in [-0.05, 0) is 101 Å². The lowest BCUT2D eigenvalue weighted by Gasteiger charge is -2.31. The molecule has 1 aliphatic rings. The molecule has 4 aromatic rings. The highest BCUT2D eigenvalue weighted by molar-refractivity contribution is 6.07. The molecule has 2 aromatic heterocycles. The molecule has 0 spiro atoms. The van der Waals surface area contributed by atoms with Gasteiger partial charge < -0.3 is 42.6 Å². The Kier molecular flexibility index (Phi) is 21.5. The molecule has 0 aliphatic carbocycles. The van der Waals surface area contributed by atoms with Crippen LogP contribution < -0.4 is 44.0 Å². The number of likely N-dealkylation sites (tertiary alicyclic amines) is 1. The fourth-order valence-corrected chi connectivity index (χ4v) is 8.79. The van der Waals surface area contributed by atoms with Crippen LogP contribution in [-0.4, -0.2) is 106 Å². The van der Waals surface area contributed by atoms with E-state index in [0.29, 0.717) is 102 Å². The Morgan fingerprint density at radius 3 is 2.26 bits per heavy atom. The Bertz CT molecular complexity index is 2280. The van der Waals surface area contributed by atoms with Crippen LogP contribution in [0, 0.1) is 5.92 Å². The second-order valence-electron chi connectivity index (χ2n) is 18.2. The normalized spacial score (nSPS) is 15.1. The average molecular weight is 938 g/mol. The number of pyridine rings is 1. The zero-order valence-corrected chi connectivity index (χ0v) is 40.3. The quantitative estimate of drug-likeness (QED) is 0.0164. The molecule has 1 fully saturated rings. The number of hydrogen-bond acceptors (Lipinski definition) is 11. The van der Waals surface area contributed by atoms with Gasteiger partial charge in [-0.1, -0.05) is 75.7 Å². The van der Waals surface area contributed by atoms with E-state index in [9.17, 15) is 24.0 Å². The molecule has 18 heteroatoms. The summed E-state index contributed by atoms with van der Waals surface area (Å²) in [5.41, 5.74) is 26.3. The highest BCUT2D eigenvalue weighted by Gasteiger charge is 2.36. The van der Waals surface area contributed by atoms with Crippen molar-refractivity contribution < 1.29 is 24.0 Å². The zero-order chi connectivity index (χ0) is 48.8. The number of aryl methyl sites for hydroxylation is 1. The third-order valence-electron chi connectivity index (χ3n) is 12.3. The smallest absolute Gasteiger partial charge is 0.245 e. The van der Waals surface area contributed by atoms with Crippen molar-refractivity contribution in [1.29, 1.82) is 0 Å². The van der Waals surface area contributed by atoms with Gasteiger partial charge in [-0.3, -0.25) is 39.8 Å². The van der Waals surface area contributed by atoms with E-state index in [-0.39, 0.29) is 42.9 Å². The molecular weight excluding hydrogens is 863 g/mol. The Labute approximate surface area is 400 Å². The molecule has 1 aliphatic heterocycles. The minimum Gasteiger partial charge on any atom is -0.390 e. The summed E-state index contributed by atoms with van der Waals surface area (Å²) < 4.78 is 2.25. The van der Waals surface area contributed by atoms with Gasteiger partial charge in [0.1, 0.15) is 29.5 Å². The third-order valence-corrected chi connectivity index (χ3v) is 12.3. The molecule has 2 aromatic carbocycles. The Morgan fingerprint density at radius 1 is 0.824 bits per heavy atom. The van der Waals surface area contributed by atoms with Crippen LogP contribution in [-0.2, 0) is 36.9 Å². The zero-order valence-electron chi connectivity index (χ0n) is 40.3. The number of carbonyl (C=O) groups is 5. The summed E-state index contributed by atoms with van der Waals surface area (Å²) in [5, 5.41) is 9.66. The number of hydrogen-bond donors (Lipinski definition) is 8. The first kappa shape index (κ1) is 52.8. The first-order chi connectivity index (χ1) is 33.0. The minimum atomic E-state index is -0.986. The number of para-hydroxylation sites is 1. The molecule has 4 atom stereocenters. The number of rotatable bonds is 29. The van der Waals surface area contributed by atoms with E-state index in [1.54, 1.807) is 4.90 Å². The number of nitrogens with zero attached hydrogens (tertiary/aromatic N) is 5. The van der Waals surface area contributed by atoms with Crippen molar-refractivity contribution in [2.75, 3.05) is 31.6 Å². The van der Waals surface area contributed by atoms with E-state index in [0.717, 1.165) is 47.1 Å². The van der Waals surface area contributed by atoms with Crippen molar-refractivity contribution in [1.82, 2.24) is 40.8 Å². The summed E-state index contributed by atoms with van der Waals surface area (Å²) >= 11 is 0. The largest absolute Gasteiger partial charge is 0.390 e. The molecule has 0 radical (unpaired) electrons. The summed E-state index contributed by atoms with van der Waals surface area (Å²) in [7, 11) is 0. The first-order valence-corrected chi connectivity index (χ1v) is 24.6. The molecule has 18 nitrogen and oxygen atoms in total. The Morgan fingerprint density at radius 2 is 1.53 bits per heavy atom. The van der Waals surface area contributed by atoms with Crippen molar-refractivity contribution in [3.63, 3.8) is 0 Å². The van der Waals surface area contributed by atoms with Gasteiger partial charge in [0, 0.05) is 50.3 Å². The number of fused-ring (bicyclic) bond motifs is 3. The van der Waals surface area contributed by atoms with Gasteiger partial charge in [0.15, 0.2) is 5.82 Å². The van der Waals surface area contributed by atoms with Gasteiger partial charge in [0.05, 0.1) is 17.4 Å². The fraction of sp³-hybridized carbons (Fsp3) is 0.560. The maximum absolute atomic E-state index is 14.5. The molecule has 0 bridgehead atoms. The maximum atomic E-state index is 14.5. The standard InChI is InChI=1S/C50H75N13O5/c1-4-5-24-42-59-45-46(63(42)32-35-17-7-6-8-18-35)37-20-9-10-21-38(37)56-47(45)61-60-44(65)31-36-19-16-29-62(36)50(68)40(23-15-28-54-33-53)57-49(67)41(30-34(2)3)58-48(66)39(22-11-13-26-51)55-43(64)25-12-14-27-52/h6-10,17-18,20-21,33-34,36,39-41H,4-5,11-16,19,22-32,51-52H2,1-3H3,(H2,53,54)(H,55,64)(H,56,61)(H,57,67)(H,58,66)(H,60,65). The SMILES string of the molecule is CCCCc1nc2c(NNC(=O)CC3CCCN3C(=O)C(CCCN=CN)NC(=O)C(CC(C)C)NC(=O)C(CCCCN)NC(=O)CCCCN)nc3ccccc3c2n1Cc1ccccc1. The maximum Gasteiger partial charge on any atom is 0.245 e. The van der Waals surface area contributed by atoms with Gasteiger partial charge in [0.2, 0.25) is 29.5 Å². The van der Waals surface area contributed by atoms with Gasteiger partial charge >= 0.3 is 0 Å². The second-order valence-corrected chi connectivity index (χ2v) is 18.2. The topological polar surface area (TPSA) is 270 Å². The highest BCUT2D eigenvalue weighted by Crippen LogP contribution is 2.31. The van der Waals surface area contributed by atoms with Crippen molar-refractivity contribution in [3.05, 3.63) is 66.0 Å². The van der Waals surface area contributed by atoms with Crippen LogP contribution in [0.1, 0.15) is 122 Å². The first-order valence-electron chi connectivity index (χ1n) is 24.6. The van der Waals surface area contributed by atoms with Gasteiger partial charge in [-0.25, -0.2) is 9.97 Å². The number of nitrogens with two attached hydrogens (primary N) is 3. The molecule has 11 N–H and O–H groups in total. The number of carbonyl (C=O) groups excluding carboxylic acids is 5. The molecule has 68 heavy (non-hydrogen) atoms. The van der Waals surface area contributed by atoms with Crippen LogP contribution in [0.2, 0.25) is 0 Å². The van der Waals surface area contributed by atoms with Crippen LogP contribution in [0.4, 0.5) is 5.82 Å². The molecule has 0 saturated carbocycles. The Hall–Kier alpha value is -6.14. The highest BCUT2D eigenvalue weighted by atomic mass is 16.2. The van der Waals surface area contributed by atoms with Crippen LogP contribution in [0.15, 0.2) is 59.6 Å². The average Bonchev–Trinajstić information content (AvgIpc) is 3.94. The molecule has 5 rings (SSSR count). The van der Waals surface area contributed by atoms with E-state index in [1.165, 1.54) is 6.34 Å². The van der Waals surface area contributed by atoms with Crippen LogP contribution in [0.3, 0.4) is 0 Å². The lowest BCUT2D eigenvalue weighted by atomic mass is 10.0. The van der Waals surface area contributed by atoms with Crippen molar-refractivity contribution in [2.24, 2.45) is 28.1 Å². The molecule has 3 heterocycles. The molecule has 4 unspecified atom stereocenters. The molecule has 1 saturated heterocycles. The summed E-state index contributed by atoms with van der Waals surface area (Å²) in [5.74, 6) is -0.550. The van der Waals surface area contributed by atoms with E-state index >= 15 is 0 Å². The summed E-state index contributed by atoms with van der Waals surface area (Å²) in [6, 6.07) is 14.9. The van der Waals surface area contributed by atoms with Gasteiger partial charge in [-0.2, -0.15) is 0 Å². The number of unbranched alkanes of at least 4 members (excludes halogenated alkanes) is 3. The van der Waals surface area contributed by atoms with E-state index in [2.05, 4.69) is 55.4 Å². The van der Waals surface area contributed by atoms with Crippen LogP contribution in [0.25, 0.3) is 21.9 Å². The third kappa shape index (κ3) is 15.4. The van der Waals surface area contributed by atoms with Crippen molar-refractivity contribution >= 4 is 63.6 Å². The molecule has 370 valence electrons. The lowest BCUT2D eigenvalue weighted by Crippen LogP contribution is -2.57. The van der Waals surface area contributed by atoms with E-state index in [4.69, 9.17) is 27.2 Å². The van der Waals surface area contributed by atoms with Gasteiger partial charge in [-0.15, -0.1) is 0 Å². The predicted molar refractivity (Wildman–Crippen MR) is 268 cm³/mol. The lowest BCUT2D eigenvalue weighted by molar-refractivity contribution is -0.139. The summed E-state index contributed by atoms with van der Waals surface area (Å²) in [6.07, 6.45) is 9.38. The monoisotopic (exact) mass is 938 g/mol. The number of anilines is 1. The van der Waals surface area contributed by atoms with E-state index in [1.807, 2.05) is 56.3 Å². The second kappa shape index (κ2) is 27.6. The Balaban J connectivity index is 1.31. The van der Waals surface area contributed by atoms with Crippen molar-refractivity contribution in [3.8, 4) is 0 Å². The number of aliphatic imine (C=N–C) groups is 1. The number of imidazole rings is 1. The fourth-order valence-electron chi connectivity index (χ4n) is 8.79. The number of hydrazine groups is 1. The molecular formula is C50H75N13O5. The van der Waals surface area contributed by atoms with Crippen molar-refractivity contribution in [2.45, 2.75) is 148 Å². The summed E-state index contributed by atoms with van der Waals surface area (Å²) in [4.78, 5) is 84.9. The number of aromatic nitrogens is 3. The van der Waals surface area contributed by atoms with Gasteiger partial charge in [0.25, 0.3) is 0 Å². The van der Waals surface area contributed by atoms with E-state index < -0.39 is 36.0 Å². The van der Waals surface area contributed by atoms with Crippen LogP contribution in [0.5, 0.6) is 0 Å². The summed E-state index contributed by atoms with van der Waals surface area (Å²) in [6.45, 7) is 8.32. The molecule has 5 amide bonds.